The number of carbonyl (C=O) groups is 1. The highest BCUT2D eigenvalue weighted by Gasteiger charge is 2.29. The predicted molar refractivity (Wildman–Crippen MR) is 92.9 cm³/mol. The Kier molecular flexibility index (Phi) is 3.23. The molecular weight excluding hydrogens is 290 g/mol. The number of hydrogen-bond acceptors (Lipinski definition) is 2. The van der Waals surface area contributed by atoms with E-state index in [0.717, 1.165) is 28.8 Å². The highest BCUT2D eigenvalue weighted by molar-refractivity contribution is 7.20. The third-order valence-corrected chi connectivity index (χ3v) is 5.48. The van der Waals surface area contributed by atoms with Crippen LogP contribution >= 0.6 is 11.3 Å². The van der Waals surface area contributed by atoms with Crippen LogP contribution in [0.1, 0.15) is 28.6 Å². The number of nitrogens with zero attached hydrogens (tertiary/aromatic N) is 1. The van der Waals surface area contributed by atoms with E-state index in [-0.39, 0.29) is 11.9 Å². The number of fused-ring (bicyclic) bond motifs is 2. The van der Waals surface area contributed by atoms with E-state index in [0.29, 0.717) is 0 Å². The van der Waals surface area contributed by atoms with E-state index in [2.05, 4.69) is 37.3 Å². The molecule has 0 radical (unpaired) electrons. The fourth-order valence-corrected chi connectivity index (χ4v) is 4.20. The molecule has 0 saturated carbocycles. The summed E-state index contributed by atoms with van der Waals surface area (Å²) in [6, 6.07) is 18.7. The Morgan fingerprint density at radius 2 is 1.91 bits per heavy atom. The molecule has 110 valence electrons. The Hall–Kier alpha value is -2.13. The lowest BCUT2D eigenvalue weighted by Crippen LogP contribution is -2.41. The second-order valence-electron chi connectivity index (χ2n) is 5.84. The van der Waals surface area contributed by atoms with Crippen molar-refractivity contribution in [3.63, 3.8) is 0 Å². The summed E-state index contributed by atoms with van der Waals surface area (Å²) in [5.41, 5.74) is 2.35. The summed E-state index contributed by atoms with van der Waals surface area (Å²) < 4.78 is 1.17. The van der Waals surface area contributed by atoms with Crippen molar-refractivity contribution in [2.45, 2.75) is 25.8 Å². The Bertz CT molecular complexity index is 818. The number of hydrogen-bond donors (Lipinski definition) is 0. The van der Waals surface area contributed by atoms with Crippen LogP contribution in [-0.4, -0.2) is 11.9 Å². The van der Waals surface area contributed by atoms with Gasteiger partial charge in [0.25, 0.3) is 5.91 Å². The Morgan fingerprint density at radius 3 is 2.77 bits per heavy atom. The first-order chi connectivity index (χ1) is 10.7. The lowest BCUT2D eigenvalue weighted by atomic mass is 9.96. The molecule has 0 spiro atoms. The maximum absolute atomic E-state index is 13.1. The van der Waals surface area contributed by atoms with Crippen LogP contribution in [0.5, 0.6) is 0 Å². The van der Waals surface area contributed by atoms with Crippen LogP contribution < -0.4 is 4.90 Å². The molecule has 2 heterocycles. The Balaban J connectivity index is 1.78. The maximum atomic E-state index is 13.1. The van der Waals surface area contributed by atoms with Crippen molar-refractivity contribution in [1.29, 1.82) is 0 Å². The van der Waals surface area contributed by atoms with Crippen molar-refractivity contribution in [3.8, 4) is 0 Å². The van der Waals surface area contributed by atoms with E-state index in [1.807, 2.05) is 29.2 Å². The average Bonchev–Trinajstić information content (AvgIpc) is 2.98. The fourth-order valence-electron chi connectivity index (χ4n) is 3.20. The highest BCUT2D eigenvalue weighted by Crippen LogP contribution is 2.34. The van der Waals surface area contributed by atoms with Crippen LogP contribution in [0.25, 0.3) is 10.1 Å². The first-order valence-electron chi connectivity index (χ1n) is 7.64. The van der Waals surface area contributed by atoms with Crippen molar-refractivity contribution >= 4 is 33.0 Å². The Labute approximate surface area is 134 Å². The second-order valence-corrected chi connectivity index (χ2v) is 6.92. The molecule has 2 nitrogen and oxygen atoms in total. The van der Waals surface area contributed by atoms with Gasteiger partial charge in [-0.3, -0.25) is 4.79 Å². The number of para-hydroxylation sites is 1. The zero-order chi connectivity index (χ0) is 15.1. The molecular formula is C19H17NOS. The summed E-state index contributed by atoms with van der Waals surface area (Å²) in [5, 5.41) is 1.15. The number of benzene rings is 2. The monoisotopic (exact) mass is 307 g/mol. The summed E-state index contributed by atoms with van der Waals surface area (Å²) in [6.45, 7) is 2.14. The smallest absolute Gasteiger partial charge is 0.268 e. The quantitative estimate of drug-likeness (QED) is 0.627. The molecule has 1 amide bonds. The van der Waals surface area contributed by atoms with Gasteiger partial charge in [0.2, 0.25) is 0 Å². The topological polar surface area (TPSA) is 20.3 Å². The largest absolute Gasteiger partial charge is 0.305 e. The second kappa shape index (κ2) is 5.25. The molecule has 3 heteroatoms. The normalized spacial score (nSPS) is 17.5. The standard InChI is InChI=1S/C19H17NOS/c1-13-10-11-14-6-2-4-8-16(14)20(13)19(21)18-12-15-7-3-5-9-17(15)22-18/h2-9,12-13H,10-11H2,1H3. The van der Waals surface area contributed by atoms with Gasteiger partial charge >= 0.3 is 0 Å². The van der Waals surface area contributed by atoms with Crippen LogP contribution in [0.2, 0.25) is 0 Å². The zero-order valence-corrected chi connectivity index (χ0v) is 13.3. The zero-order valence-electron chi connectivity index (χ0n) is 12.5. The molecule has 0 saturated heterocycles. The minimum atomic E-state index is 0.126. The molecule has 0 aliphatic carbocycles. The van der Waals surface area contributed by atoms with Gasteiger partial charge in [-0.05, 0) is 48.9 Å². The minimum absolute atomic E-state index is 0.126. The molecule has 0 bridgehead atoms. The highest BCUT2D eigenvalue weighted by atomic mass is 32.1. The number of rotatable bonds is 1. The van der Waals surface area contributed by atoms with Crippen molar-refractivity contribution in [1.82, 2.24) is 0 Å². The average molecular weight is 307 g/mol. The molecule has 1 atom stereocenters. The molecule has 0 fully saturated rings. The van der Waals surface area contributed by atoms with Crippen LogP contribution in [0.15, 0.2) is 54.6 Å². The summed E-state index contributed by atoms with van der Waals surface area (Å²) in [5.74, 6) is 0.126. The van der Waals surface area contributed by atoms with Crippen LogP contribution in [0, 0.1) is 0 Å². The summed E-state index contributed by atoms with van der Waals surface area (Å²) in [7, 11) is 0. The van der Waals surface area contributed by atoms with Gasteiger partial charge in [0, 0.05) is 16.4 Å². The fraction of sp³-hybridized carbons (Fsp3) is 0.211. The molecule has 1 aromatic heterocycles. The van der Waals surface area contributed by atoms with Crippen LogP contribution in [-0.2, 0) is 6.42 Å². The summed E-state index contributed by atoms with van der Waals surface area (Å²) >= 11 is 1.58. The molecule has 0 N–H and O–H groups in total. The van der Waals surface area contributed by atoms with E-state index < -0.39 is 0 Å². The molecule has 1 aliphatic heterocycles. The molecule has 3 aromatic rings. The molecule has 22 heavy (non-hydrogen) atoms. The van der Waals surface area contributed by atoms with Crippen molar-refractivity contribution < 1.29 is 4.79 Å². The van der Waals surface area contributed by atoms with E-state index in [1.165, 1.54) is 10.3 Å². The van der Waals surface area contributed by atoms with Gasteiger partial charge in [0.05, 0.1) is 4.88 Å². The van der Waals surface area contributed by atoms with Gasteiger partial charge in [-0.25, -0.2) is 0 Å². The number of anilines is 1. The van der Waals surface area contributed by atoms with Gasteiger partial charge in [-0.15, -0.1) is 11.3 Å². The first kappa shape index (κ1) is 13.5. The third kappa shape index (κ3) is 2.13. The number of aryl methyl sites for hydroxylation is 1. The van der Waals surface area contributed by atoms with Gasteiger partial charge in [-0.1, -0.05) is 36.4 Å². The van der Waals surface area contributed by atoms with E-state index in [1.54, 1.807) is 11.3 Å². The third-order valence-electron chi connectivity index (χ3n) is 4.38. The Morgan fingerprint density at radius 1 is 1.14 bits per heavy atom. The lowest BCUT2D eigenvalue weighted by molar-refractivity contribution is 0.0979. The van der Waals surface area contributed by atoms with Gasteiger partial charge in [-0.2, -0.15) is 0 Å². The van der Waals surface area contributed by atoms with Crippen LogP contribution in [0.3, 0.4) is 0 Å². The van der Waals surface area contributed by atoms with Gasteiger partial charge in [0.1, 0.15) is 0 Å². The van der Waals surface area contributed by atoms with Crippen molar-refractivity contribution in [3.05, 3.63) is 65.0 Å². The summed E-state index contributed by atoms with van der Waals surface area (Å²) in [6.07, 6.45) is 2.07. The van der Waals surface area contributed by atoms with E-state index in [9.17, 15) is 4.79 Å². The first-order valence-corrected chi connectivity index (χ1v) is 8.46. The van der Waals surface area contributed by atoms with Gasteiger partial charge in [0.15, 0.2) is 0 Å². The number of carbonyl (C=O) groups excluding carboxylic acids is 1. The molecule has 1 unspecified atom stereocenters. The van der Waals surface area contributed by atoms with E-state index >= 15 is 0 Å². The molecule has 1 aliphatic rings. The van der Waals surface area contributed by atoms with Gasteiger partial charge < -0.3 is 4.90 Å². The predicted octanol–water partition coefficient (Wildman–Crippen LogP) is 4.88. The number of amides is 1. The van der Waals surface area contributed by atoms with Crippen molar-refractivity contribution in [2.24, 2.45) is 0 Å². The van der Waals surface area contributed by atoms with Crippen molar-refractivity contribution in [2.75, 3.05) is 4.90 Å². The summed E-state index contributed by atoms with van der Waals surface area (Å²) in [4.78, 5) is 15.9. The molecule has 4 rings (SSSR count). The molecule has 2 aromatic carbocycles. The number of thiophene rings is 1. The van der Waals surface area contributed by atoms with Crippen LogP contribution in [0.4, 0.5) is 5.69 Å². The van der Waals surface area contributed by atoms with E-state index in [4.69, 9.17) is 0 Å². The SMILES string of the molecule is CC1CCc2ccccc2N1C(=O)c1cc2ccccc2s1. The minimum Gasteiger partial charge on any atom is -0.305 e. The maximum Gasteiger partial charge on any atom is 0.268 e. The lowest BCUT2D eigenvalue weighted by Gasteiger charge is -2.35.